The van der Waals surface area contributed by atoms with Gasteiger partial charge in [-0.1, -0.05) is 6.07 Å². The number of rotatable bonds is 4. The summed E-state index contributed by atoms with van der Waals surface area (Å²) in [5, 5.41) is 24.3. The van der Waals surface area contributed by atoms with Crippen molar-refractivity contribution in [3.63, 3.8) is 0 Å². The Bertz CT molecular complexity index is 858. The maximum absolute atomic E-state index is 12.5. The van der Waals surface area contributed by atoms with Crippen molar-refractivity contribution in [1.82, 2.24) is 5.32 Å². The summed E-state index contributed by atoms with van der Waals surface area (Å²) < 4.78 is 0. The molecule has 0 aromatic heterocycles. The minimum Gasteiger partial charge on any atom is -0.356 e. The summed E-state index contributed by atoms with van der Waals surface area (Å²) in [6.07, 6.45) is 0.670. The molecule has 1 saturated heterocycles. The van der Waals surface area contributed by atoms with Crippen LogP contribution in [0, 0.1) is 22.7 Å². The molecular formula is C19H16N4OS. The Hall–Kier alpha value is -2.96. The summed E-state index contributed by atoms with van der Waals surface area (Å²) in [5.74, 6) is 1.26. The van der Waals surface area contributed by atoms with Crippen molar-refractivity contribution in [3.05, 3.63) is 59.7 Å². The Morgan fingerprint density at radius 2 is 1.92 bits per heavy atom. The van der Waals surface area contributed by atoms with Gasteiger partial charge in [0.15, 0.2) is 0 Å². The zero-order valence-electron chi connectivity index (χ0n) is 13.5. The van der Waals surface area contributed by atoms with Gasteiger partial charge in [0.1, 0.15) is 5.54 Å². The molecule has 0 aliphatic carbocycles. The molecule has 1 heterocycles. The molecule has 1 atom stereocenters. The fourth-order valence-corrected chi connectivity index (χ4v) is 3.87. The summed E-state index contributed by atoms with van der Waals surface area (Å²) in [4.78, 5) is 12.5. The second-order valence-electron chi connectivity index (χ2n) is 5.85. The maximum atomic E-state index is 12.5. The Labute approximate surface area is 150 Å². The van der Waals surface area contributed by atoms with Crippen LogP contribution in [-0.4, -0.2) is 23.0 Å². The number of carbonyl (C=O) groups excluding carboxylic acids is 1. The molecule has 0 unspecified atom stereocenters. The molecule has 1 fully saturated rings. The first-order chi connectivity index (χ1) is 12.1. The Morgan fingerprint density at radius 1 is 1.12 bits per heavy atom. The largest absolute Gasteiger partial charge is 0.356 e. The molecule has 6 heteroatoms. The molecule has 3 rings (SSSR count). The van der Waals surface area contributed by atoms with Gasteiger partial charge in [0, 0.05) is 22.7 Å². The first kappa shape index (κ1) is 16.9. The average Bonchev–Trinajstić information content (AvgIpc) is 3.11. The van der Waals surface area contributed by atoms with E-state index in [2.05, 4.69) is 22.8 Å². The molecule has 0 saturated carbocycles. The van der Waals surface area contributed by atoms with Gasteiger partial charge < -0.3 is 10.6 Å². The SMILES string of the molecule is N#Cc1ccc(Nc2cccc(C(=O)N[C@@]3(C#N)CCSC3)c2)cc1. The topological polar surface area (TPSA) is 88.7 Å². The summed E-state index contributed by atoms with van der Waals surface area (Å²) in [6, 6.07) is 18.5. The molecule has 25 heavy (non-hydrogen) atoms. The quantitative estimate of drug-likeness (QED) is 0.883. The second-order valence-corrected chi connectivity index (χ2v) is 6.95. The number of nitrogens with zero attached hydrogens (tertiary/aromatic N) is 2. The van der Waals surface area contributed by atoms with E-state index in [0.29, 0.717) is 23.3 Å². The molecule has 1 aliphatic heterocycles. The van der Waals surface area contributed by atoms with Gasteiger partial charge in [0.25, 0.3) is 5.91 Å². The maximum Gasteiger partial charge on any atom is 0.252 e. The molecule has 0 spiro atoms. The highest BCUT2D eigenvalue weighted by Gasteiger charge is 2.36. The van der Waals surface area contributed by atoms with E-state index in [9.17, 15) is 10.1 Å². The second kappa shape index (κ2) is 7.29. The van der Waals surface area contributed by atoms with Crippen LogP contribution >= 0.6 is 11.8 Å². The third-order valence-corrected chi connectivity index (χ3v) is 5.21. The standard InChI is InChI=1S/C19H16N4OS/c20-11-14-4-6-16(7-5-14)22-17-3-1-2-15(10-17)18(24)23-19(12-21)8-9-25-13-19/h1-7,10,22H,8-9,13H2,(H,23,24)/t19-/m1/s1. The lowest BCUT2D eigenvalue weighted by Crippen LogP contribution is -2.47. The van der Waals surface area contributed by atoms with Crippen LogP contribution in [0.4, 0.5) is 11.4 Å². The lowest BCUT2D eigenvalue weighted by Gasteiger charge is -2.21. The highest BCUT2D eigenvalue weighted by molar-refractivity contribution is 7.99. The van der Waals surface area contributed by atoms with E-state index in [1.807, 2.05) is 18.2 Å². The van der Waals surface area contributed by atoms with Crippen molar-refractivity contribution in [2.45, 2.75) is 12.0 Å². The number of carbonyl (C=O) groups is 1. The fraction of sp³-hybridized carbons (Fsp3) is 0.211. The van der Waals surface area contributed by atoms with Crippen LogP contribution in [0.15, 0.2) is 48.5 Å². The van der Waals surface area contributed by atoms with E-state index in [0.717, 1.165) is 17.1 Å². The molecule has 2 aromatic carbocycles. The smallest absolute Gasteiger partial charge is 0.252 e. The van der Waals surface area contributed by atoms with Crippen LogP contribution in [0.1, 0.15) is 22.3 Å². The lowest BCUT2D eigenvalue weighted by molar-refractivity contribution is 0.0926. The van der Waals surface area contributed by atoms with E-state index in [1.165, 1.54) is 0 Å². The zero-order chi connectivity index (χ0) is 17.7. The molecule has 5 nitrogen and oxygen atoms in total. The molecule has 1 amide bonds. The first-order valence-corrected chi connectivity index (χ1v) is 8.98. The van der Waals surface area contributed by atoms with Gasteiger partial charge in [-0.2, -0.15) is 22.3 Å². The van der Waals surface area contributed by atoms with Crippen LogP contribution in [0.5, 0.6) is 0 Å². The van der Waals surface area contributed by atoms with Crippen LogP contribution in [0.25, 0.3) is 0 Å². The summed E-state index contributed by atoms with van der Waals surface area (Å²) >= 11 is 1.68. The van der Waals surface area contributed by atoms with Crippen LogP contribution in [-0.2, 0) is 0 Å². The van der Waals surface area contributed by atoms with Gasteiger partial charge >= 0.3 is 0 Å². The van der Waals surface area contributed by atoms with Crippen molar-refractivity contribution >= 4 is 29.0 Å². The minimum atomic E-state index is -0.766. The number of anilines is 2. The summed E-state index contributed by atoms with van der Waals surface area (Å²) in [6.45, 7) is 0. The van der Waals surface area contributed by atoms with E-state index >= 15 is 0 Å². The van der Waals surface area contributed by atoms with Crippen molar-refractivity contribution in [2.24, 2.45) is 0 Å². The minimum absolute atomic E-state index is 0.243. The third kappa shape index (κ3) is 3.93. The molecule has 0 radical (unpaired) electrons. The van der Waals surface area contributed by atoms with Gasteiger partial charge in [-0.05, 0) is 54.6 Å². The number of thioether (sulfide) groups is 1. The van der Waals surface area contributed by atoms with E-state index in [1.54, 1.807) is 42.1 Å². The predicted molar refractivity (Wildman–Crippen MR) is 98.6 cm³/mol. The predicted octanol–water partition coefficient (Wildman–Crippen LogP) is 3.43. The van der Waals surface area contributed by atoms with Gasteiger partial charge in [-0.3, -0.25) is 4.79 Å². The van der Waals surface area contributed by atoms with Crippen LogP contribution in [0.2, 0.25) is 0 Å². The summed E-state index contributed by atoms with van der Waals surface area (Å²) in [5.41, 5.74) is 1.93. The molecule has 2 aromatic rings. The van der Waals surface area contributed by atoms with E-state index in [-0.39, 0.29) is 5.91 Å². The summed E-state index contributed by atoms with van der Waals surface area (Å²) in [7, 11) is 0. The highest BCUT2D eigenvalue weighted by Crippen LogP contribution is 2.28. The molecule has 1 aliphatic rings. The monoisotopic (exact) mass is 348 g/mol. The number of hydrogen-bond donors (Lipinski definition) is 2. The number of nitriles is 2. The van der Waals surface area contributed by atoms with Crippen molar-refractivity contribution in [2.75, 3.05) is 16.8 Å². The molecule has 0 bridgehead atoms. The Balaban J connectivity index is 1.73. The number of nitrogens with one attached hydrogen (secondary N) is 2. The van der Waals surface area contributed by atoms with Gasteiger partial charge in [-0.25, -0.2) is 0 Å². The van der Waals surface area contributed by atoms with Gasteiger partial charge in [0.05, 0.1) is 17.7 Å². The average molecular weight is 348 g/mol. The molecular weight excluding hydrogens is 332 g/mol. The van der Waals surface area contributed by atoms with Gasteiger partial charge in [-0.15, -0.1) is 0 Å². The van der Waals surface area contributed by atoms with Gasteiger partial charge in [0.2, 0.25) is 0 Å². The fourth-order valence-electron chi connectivity index (χ4n) is 2.60. The first-order valence-electron chi connectivity index (χ1n) is 7.83. The highest BCUT2D eigenvalue weighted by atomic mass is 32.2. The van der Waals surface area contributed by atoms with Crippen LogP contribution < -0.4 is 10.6 Å². The van der Waals surface area contributed by atoms with Crippen molar-refractivity contribution < 1.29 is 4.79 Å². The number of amides is 1. The Morgan fingerprint density at radius 3 is 2.56 bits per heavy atom. The van der Waals surface area contributed by atoms with Crippen molar-refractivity contribution in [3.8, 4) is 12.1 Å². The lowest BCUT2D eigenvalue weighted by atomic mass is 10.0. The van der Waals surface area contributed by atoms with E-state index < -0.39 is 5.54 Å². The third-order valence-electron chi connectivity index (χ3n) is 4.02. The molecule has 124 valence electrons. The van der Waals surface area contributed by atoms with Crippen LogP contribution in [0.3, 0.4) is 0 Å². The van der Waals surface area contributed by atoms with Crippen molar-refractivity contribution in [1.29, 1.82) is 10.5 Å². The molecule has 2 N–H and O–H groups in total. The number of hydrogen-bond acceptors (Lipinski definition) is 5. The number of benzene rings is 2. The zero-order valence-corrected chi connectivity index (χ0v) is 14.3. The van der Waals surface area contributed by atoms with E-state index in [4.69, 9.17) is 5.26 Å². The Kier molecular flexibility index (Phi) is 4.92. The normalized spacial score (nSPS) is 18.8.